The lowest BCUT2D eigenvalue weighted by atomic mass is 10.0. The average Bonchev–Trinajstić information content (AvgIpc) is 1.88. The second kappa shape index (κ2) is 4.54. The first-order valence-corrected chi connectivity index (χ1v) is 4.33. The third-order valence-electron chi connectivity index (χ3n) is 1.50. The maximum atomic E-state index is 10.5. The molecule has 0 aromatic carbocycles. The number of carbonyl (C=O) groups is 1. The van der Waals surface area contributed by atoms with Gasteiger partial charge in [-0.15, -0.1) is 6.58 Å². The number of hydrogen-bond donors (Lipinski definition) is 1. The largest absolute Gasteiger partial charge is 0.480 e. The molecule has 0 saturated carbocycles. The van der Waals surface area contributed by atoms with Crippen molar-refractivity contribution >= 4 is 21.9 Å². The molecule has 0 aliphatic rings. The summed E-state index contributed by atoms with van der Waals surface area (Å²) in [6, 6.07) is 0. The van der Waals surface area contributed by atoms with E-state index in [1.807, 2.05) is 0 Å². The van der Waals surface area contributed by atoms with E-state index >= 15 is 0 Å². The first kappa shape index (κ1) is 10.7. The molecule has 3 heteroatoms. The minimum atomic E-state index is -0.804. The summed E-state index contributed by atoms with van der Waals surface area (Å²) in [5.41, 5.74) is 0. The zero-order valence-corrected chi connectivity index (χ0v) is 8.23. The van der Waals surface area contributed by atoms with Gasteiger partial charge in [0, 0.05) is 0 Å². The summed E-state index contributed by atoms with van der Waals surface area (Å²) in [6.07, 6.45) is 4.16. The van der Waals surface area contributed by atoms with Gasteiger partial charge in [-0.05, 0) is 26.2 Å². The highest BCUT2D eigenvalue weighted by molar-refractivity contribution is 9.10. The van der Waals surface area contributed by atoms with Crippen LogP contribution in [-0.4, -0.2) is 15.4 Å². The number of alkyl halides is 1. The molecule has 0 radical (unpaired) electrons. The Morgan fingerprint density at radius 2 is 2.36 bits per heavy atom. The fourth-order valence-electron chi connectivity index (χ4n) is 0.685. The van der Waals surface area contributed by atoms with Crippen LogP contribution in [0.4, 0.5) is 0 Å². The van der Waals surface area contributed by atoms with Gasteiger partial charge in [0.2, 0.25) is 0 Å². The lowest BCUT2D eigenvalue weighted by Crippen LogP contribution is -2.27. The summed E-state index contributed by atoms with van der Waals surface area (Å²) >= 11 is 3.14. The zero-order valence-electron chi connectivity index (χ0n) is 6.64. The highest BCUT2D eigenvalue weighted by Crippen LogP contribution is 2.24. The summed E-state index contributed by atoms with van der Waals surface area (Å²) in [6.45, 7) is 5.23. The fourth-order valence-corrected chi connectivity index (χ4v) is 0.966. The van der Waals surface area contributed by atoms with Crippen LogP contribution in [-0.2, 0) is 4.79 Å². The molecule has 0 aliphatic heterocycles. The standard InChI is InChI=1S/C8H13BrO2/c1-3-4-5-6-8(2,9)7(10)11/h3H,1,4-6H2,2H3,(H,10,11). The van der Waals surface area contributed by atoms with E-state index in [9.17, 15) is 4.79 Å². The fraction of sp³-hybridized carbons (Fsp3) is 0.625. The molecule has 0 fully saturated rings. The molecule has 1 unspecified atom stereocenters. The van der Waals surface area contributed by atoms with Crippen LogP contribution in [0.1, 0.15) is 26.2 Å². The van der Waals surface area contributed by atoms with Crippen LogP contribution in [0, 0.1) is 0 Å². The van der Waals surface area contributed by atoms with Crippen molar-refractivity contribution in [3.63, 3.8) is 0 Å². The Hall–Kier alpha value is -0.310. The molecular weight excluding hydrogens is 208 g/mol. The molecule has 1 N–H and O–H groups in total. The Kier molecular flexibility index (Phi) is 4.42. The number of unbranched alkanes of at least 4 members (excludes halogenated alkanes) is 1. The van der Waals surface area contributed by atoms with Crippen LogP contribution in [0.3, 0.4) is 0 Å². The van der Waals surface area contributed by atoms with E-state index in [1.165, 1.54) is 0 Å². The number of carboxylic acids is 1. The SMILES string of the molecule is C=CCCCC(C)(Br)C(=O)O. The molecule has 11 heavy (non-hydrogen) atoms. The molecule has 64 valence electrons. The molecule has 0 rings (SSSR count). The normalized spacial score (nSPS) is 15.5. The maximum Gasteiger partial charge on any atom is 0.320 e. The zero-order chi connectivity index (χ0) is 8.91. The van der Waals surface area contributed by atoms with Gasteiger partial charge < -0.3 is 5.11 Å². The van der Waals surface area contributed by atoms with Crippen molar-refractivity contribution in [3.05, 3.63) is 12.7 Å². The smallest absolute Gasteiger partial charge is 0.320 e. The summed E-state index contributed by atoms with van der Waals surface area (Å²) in [5, 5.41) is 8.67. The Bertz CT molecular complexity index is 152. The van der Waals surface area contributed by atoms with Gasteiger partial charge in [0.1, 0.15) is 4.32 Å². The van der Waals surface area contributed by atoms with E-state index in [-0.39, 0.29) is 0 Å². The van der Waals surface area contributed by atoms with Gasteiger partial charge in [-0.1, -0.05) is 22.0 Å². The monoisotopic (exact) mass is 220 g/mol. The predicted octanol–water partition coefficient (Wildman–Crippen LogP) is 2.58. The van der Waals surface area contributed by atoms with Crippen molar-refractivity contribution in [2.24, 2.45) is 0 Å². The van der Waals surface area contributed by atoms with Crippen LogP contribution in [0.15, 0.2) is 12.7 Å². The van der Waals surface area contributed by atoms with Gasteiger partial charge in [0.15, 0.2) is 0 Å². The lowest BCUT2D eigenvalue weighted by Gasteiger charge is -2.15. The topological polar surface area (TPSA) is 37.3 Å². The van der Waals surface area contributed by atoms with Crippen molar-refractivity contribution in [1.82, 2.24) is 0 Å². The lowest BCUT2D eigenvalue weighted by molar-refractivity contribution is -0.139. The van der Waals surface area contributed by atoms with E-state index in [4.69, 9.17) is 5.11 Å². The number of rotatable bonds is 5. The Labute approximate surface area is 75.4 Å². The second-order valence-corrected chi connectivity index (χ2v) is 4.43. The molecular formula is C8H13BrO2. The van der Waals surface area contributed by atoms with Crippen LogP contribution in [0.25, 0.3) is 0 Å². The van der Waals surface area contributed by atoms with Gasteiger partial charge >= 0.3 is 5.97 Å². The predicted molar refractivity (Wildman–Crippen MR) is 49.0 cm³/mol. The molecule has 0 aromatic rings. The Morgan fingerprint density at radius 1 is 1.82 bits per heavy atom. The molecule has 0 bridgehead atoms. The maximum absolute atomic E-state index is 10.5. The first-order chi connectivity index (χ1) is 5.00. The summed E-state index contributed by atoms with van der Waals surface area (Å²) in [5.74, 6) is -0.804. The summed E-state index contributed by atoms with van der Waals surface area (Å²) in [4.78, 5) is 10.5. The highest BCUT2D eigenvalue weighted by atomic mass is 79.9. The van der Waals surface area contributed by atoms with Gasteiger partial charge in [-0.25, -0.2) is 0 Å². The van der Waals surface area contributed by atoms with E-state index in [0.717, 1.165) is 12.8 Å². The molecule has 0 spiro atoms. The molecule has 0 aromatic heterocycles. The van der Waals surface area contributed by atoms with Crippen LogP contribution < -0.4 is 0 Å². The van der Waals surface area contributed by atoms with E-state index in [0.29, 0.717) is 6.42 Å². The minimum Gasteiger partial charge on any atom is -0.480 e. The molecule has 0 saturated heterocycles. The third-order valence-corrected chi connectivity index (χ3v) is 2.24. The number of halogens is 1. The van der Waals surface area contributed by atoms with Gasteiger partial charge in [0.25, 0.3) is 0 Å². The minimum absolute atomic E-state index is 0.633. The number of hydrogen-bond acceptors (Lipinski definition) is 1. The highest BCUT2D eigenvalue weighted by Gasteiger charge is 2.28. The van der Waals surface area contributed by atoms with Gasteiger partial charge in [-0.2, -0.15) is 0 Å². The van der Waals surface area contributed by atoms with E-state index in [2.05, 4.69) is 22.5 Å². The van der Waals surface area contributed by atoms with E-state index < -0.39 is 10.3 Å². The van der Waals surface area contributed by atoms with Crippen molar-refractivity contribution < 1.29 is 9.90 Å². The first-order valence-electron chi connectivity index (χ1n) is 3.54. The average molecular weight is 221 g/mol. The molecule has 1 atom stereocenters. The summed E-state index contributed by atoms with van der Waals surface area (Å²) < 4.78 is -0.768. The molecule has 0 heterocycles. The van der Waals surface area contributed by atoms with Crippen molar-refractivity contribution in [1.29, 1.82) is 0 Å². The van der Waals surface area contributed by atoms with Crippen LogP contribution >= 0.6 is 15.9 Å². The van der Waals surface area contributed by atoms with Crippen molar-refractivity contribution in [2.45, 2.75) is 30.5 Å². The van der Waals surface area contributed by atoms with Crippen molar-refractivity contribution in [3.8, 4) is 0 Å². The van der Waals surface area contributed by atoms with Gasteiger partial charge in [-0.3, -0.25) is 4.79 Å². The van der Waals surface area contributed by atoms with Crippen LogP contribution in [0.2, 0.25) is 0 Å². The number of carboxylic acid groups (broad SMARTS) is 1. The number of aliphatic carboxylic acids is 1. The van der Waals surface area contributed by atoms with Crippen molar-refractivity contribution in [2.75, 3.05) is 0 Å². The van der Waals surface area contributed by atoms with E-state index in [1.54, 1.807) is 13.0 Å². The Morgan fingerprint density at radius 3 is 2.73 bits per heavy atom. The van der Waals surface area contributed by atoms with Crippen LogP contribution in [0.5, 0.6) is 0 Å². The van der Waals surface area contributed by atoms with Gasteiger partial charge in [0.05, 0.1) is 0 Å². The molecule has 2 nitrogen and oxygen atoms in total. The quantitative estimate of drug-likeness (QED) is 0.440. The third kappa shape index (κ3) is 4.19. The summed E-state index contributed by atoms with van der Waals surface area (Å²) in [7, 11) is 0. The number of allylic oxidation sites excluding steroid dienone is 1. The Balaban J connectivity index is 3.72. The molecule has 0 aliphatic carbocycles. The second-order valence-electron chi connectivity index (χ2n) is 2.68. The molecule has 0 amide bonds.